The Kier molecular flexibility index (Phi) is 2.60. The van der Waals surface area contributed by atoms with Gasteiger partial charge in [-0.2, -0.15) is 5.10 Å². The van der Waals surface area contributed by atoms with Crippen LogP contribution in [0.25, 0.3) is 0 Å². The lowest BCUT2D eigenvalue weighted by atomic mass is 10.0. The highest BCUT2D eigenvalue weighted by Crippen LogP contribution is 2.40. The molecule has 0 atom stereocenters. The van der Waals surface area contributed by atoms with E-state index in [1.54, 1.807) is 0 Å². The average Bonchev–Trinajstić information content (AvgIpc) is 3.22. The van der Waals surface area contributed by atoms with Crippen LogP contribution < -0.4 is 15.5 Å². The number of hydrogen-bond acceptors (Lipinski definition) is 4. The van der Waals surface area contributed by atoms with Crippen molar-refractivity contribution in [2.75, 3.05) is 18.0 Å². The van der Waals surface area contributed by atoms with E-state index in [2.05, 4.69) is 33.3 Å². The standard InChI is InChI=1S/C15H19N5O/c1-9-16-12-5-6-20(8-11(12)15(21)17-9)14-7-13(10-3-4-10)18-19(14)2/h7,10,16H,1,3-6,8H2,2H3,(H,17,21). The number of aromatic nitrogens is 2. The van der Waals surface area contributed by atoms with E-state index in [4.69, 9.17) is 0 Å². The zero-order valence-corrected chi connectivity index (χ0v) is 12.1. The van der Waals surface area contributed by atoms with E-state index in [1.807, 2.05) is 11.7 Å². The Balaban J connectivity index is 1.61. The summed E-state index contributed by atoms with van der Waals surface area (Å²) < 4.78 is 1.94. The third-order valence-corrected chi connectivity index (χ3v) is 4.38. The first kappa shape index (κ1) is 12.5. The fourth-order valence-electron chi connectivity index (χ4n) is 3.08. The van der Waals surface area contributed by atoms with Gasteiger partial charge in [0.2, 0.25) is 0 Å². The molecule has 6 nitrogen and oxygen atoms in total. The van der Waals surface area contributed by atoms with Crippen LogP contribution in [-0.2, 0) is 11.8 Å². The van der Waals surface area contributed by atoms with Crippen LogP contribution in [0.3, 0.4) is 0 Å². The molecule has 1 fully saturated rings. The van der Waals surface area contributed by atoms with Crippen LogP contribution in [0.1, 0.15) is 30.9 Å². The van der Waals surface area contributed by atoms with Crippen LogP contribution in [0.15, 0.2) is 29.7 Å². The number of rotatable bonds is 2. The van der Waals surface area contributed by atoms with Crippen molar-refractivity contribution in [3.05, 3.63) is 35.4 Å². The topological polar surface area (TPSA) is 62.2 Å². The summed E-state index contributed by atoms with van der Waals surface area (Å²) in [6.45, 7) is 5.27. The maximum Gasteiger partial charge on any atom is 0.256 e. The van der Waals surface area contributed by atoms with Gasteiger partial charge in [-0.05, 0) is 12.8 Å². The lowest BCUT2D eigenvalue weighted by Gasteiger charge is -2.34. The van der Waals surface area contributed by atoms with Gasteiger partial charge in [-0.1, -0.05) is 6.58 Å². The van der Waals surface area contributed by atoms with E-state index in [1.165, 1.54) is 18.5 Å². The van der Waals surface area contributed by atoms with Crippen LogP contribution in [0.2, 0.25) is 0 Å². The summed E-state index contributed by atoms with van der Waals surface area (Å²) in [4.78, 5) is 14.3. The maximum absolute atomic E-state index is 12.1. The minimum atomic E-state index is -0.0389. The Labute approximate surface area is 123 Å². The predicted molar refractivity (Wildman–Crippen MR) is 79.5 cm³/mol. The molecule has 1 aliphatic carbocycles. The van der Waals surface area contributed by atoms with Gasteiger partial charge in [-0.15, -0.1) is 0 Å². The number of anilines is 1. The SMILES string of the molecule is C=C1NC(=O)C2=C(CCN(c3cc(C4CC4)nn3C)C2)N1. The zero-order chi connectivity index (χ0) is 14.6. The van der Waals surface area contributed by atoms with Gasteiger partial charge in [0.05, 0.1) is 17.8 Å². The van der Waals surface area contributed by atoms with Crippen molar-refractivity contribution < 1.29 is 4.79 Å². The van der Waals surface area contributed by atoms with Crippen LogP contribution in [0.5, 0.6) is 0 Å². The minimum absolute atomic E-state index is 0.0389. The Hall–Kier alpha value is -2.24. The van der Waals surface area contributed by atoms with Crippen molar-refractivity contribution in [2.45, 2.75) is 25.2 Å². The summed E-state index contributed by atoms with van der Waals surface area (Å²) >= 11 is 0. The average molecular weight is 285 g/mol. The fraction of sp³-hybridized carbons (Fsp3) is 0.467. The molecule has 2 aliphatic heterocycles. The molecule has 3 aliphatic rings. The largest absolute Gasteiger partial charge is 0.352 e. The molecule has 1 aromatic heterocycles. The molecule has 21 heavy (non-hydrogen) atoms. The number of carbonyl (C=O) groups is 1. The molecule has 3 heterocycles. The summed E-state index contributed by atoms with van der Waals surface area (Å²) in [5.74, 6) is 2.28. The van der Waals surface area contributed by atoms with Crippen molar-refractivity contribution in [2.24, 2.45) is 7.05 Å². The first-order chi connectivity index (χ1) is 10.1. The number of hydrogen-bond donors (Lipinski definition) is 2. The van der Waals surface area contributed by atoms with Crippen LogP contribution in [0, 0.1) is 0 Å². The first-order valence-corrected chi connectivity index (χ1v) is 7.40. The highest BCUT2D eigenvalue weighted by Gasteiger charge is 2.31. The van der Waals surface area contributed by atoms with Crippen LogP contribution >= 0.6 is 0 Å². The van der Waals surface area contributed by atoms with Gasteiger partial charge in [-0.3, -0.25) is 9.48 Å². The molecular weight excluding hydrogens is 266 g/mol. The van der Waals surface area contributed by atoms with Gasteiger partial charge in [0.25, 0.3) is 5.91 Å². The summed E-state index contributed by atoms with van der Waals surface area (Å²) in [6, 6.07) is 2.18. The predicted octanol–water partition coefficient (Wildman–Crippen LogP) is 0.952. The fourth-order valence-corrected chi connectivity index (χ4v) is 3.08. The molecular formula is C15H19N5O. The second-order valence-corrected chi connectivity index (χ2v) is 6.01. The van der Waals surface area contributed by atoms with Crippen LogP contribution in [-0.4, -0.2) is 28.8 Å². The van der Waals surface area contributed by atoms with E-state index in [0.29, 0.717) is 18.3 Å². The summed E-state index contributed by atoms with van der Waals surface area (Å²) in [7, 11) is 1.98. The Morgan fingerprint density at radius 3 is 2.95 bits per heavy atom. The van der Waals surface area contributed by atoms with Crippen molar-refractivity contribution in [1.82, 2.24) is 20.4 Å². The quantitative estimate of drug-likeness (QED) is 0.849. The molecule has 0 unspecified atom stereocenters. The van der Waals surface area contributed by atoms with Crippen molar-refractivity contribution in [3.8, 4) is 0 Å². The van der Waals surface area contributed by atoms with Gasteiger partial charge >= 0.3 is 0 Å². The highest BCUT2D eigenvalue weighted by atomic mass is 16.2. The number of amides is 1. The van der Waals surface area contributed by atoms with Gasteiger partial charge in [0.1, 0.15) is 11.6 Å². The van der Waals surface area contributed by atoms with E-state index in [9.17, 15) is 4.79 Å². The van der Waals surface area contributed by atoms with Crippen molar-refractivity contribution in [3.63, 3.8) is 0 Å². The molecule has 2 N–H and O–H groups in total. The first-order valence-electron chi connectivity index (χ1n) is 7.40. The molecule has 0 spiro atoms. The molecule has 0 bridgehead atoms. The second kappa shape index (κ2) is 4.38. The normalized spacial score (nSPS) is 22.0. The molecule has 1 aromatic rings. The highest BCUT2D eigenvalue weighted by molar-refractivity contribution is 5.97. The maximum atomic E-state index is 12.1. The summed E-state index contributed by atoms with van der Waals surface area (Å²) in [5.41, 5.74) is 3.00. The molecule has 0 radical (unpaired) electrons. The minimum Gasteiger partial charge on any atom is -0.352 e. The van der Waals surface area contributed by atoms with Crippen LogP contribution in [0.4, 0.5) is 5.82 Å². The zero-order valence-electron chi connectivity index (χ0n) is 12.1. The van der Waals surface area contributed by atoms with Gasteiger partial charge in [0, 0.05) is 37.7 Å². The van der Waals surface area contributed by atoms with E-state index in [0.717, 1.165) is 30.1 Å². The third-order valence-electron chi connectivity index (χ3n) is 4.38. The summed E-state index contributed by atoms with van der Waals surface area (Å²) in [5, 5.41) is 10.5. The van der Waals surface area contributed by atoms with E-state index < -0.39 is 0 Å². The lowest BCUT2D eigenvalue weighted by Crippen LogP contribution is -2.46. The Bertz CT molecular complexity index is 668. The molecule has 1 amide bonds. The van der Waals surface area contributed by atoms with E-state index in [-0.39, 0.29) is 5.91 Å². The van der Waals surface area contributed by atoms with Gasteiger partial charge in [0.15, 0.2) is 0 Å². The third kappa shape index (κ3) is 2.11. The monoisotopic (exact) mass is 285 g/mol. The second-order valence-electron chi connectivity index (χ2n) is 6.01. The summed E-state index contributed by atoms with van der Waals surface area (Å²) in [6.07, 6.45) is 3.33. The number of nitrogens with zero attached hydrogens (tertiary/aromatic N) is 3. The molecule has 0 saturated heterocycles. The Morgan fingerprint density at radius 2 is 2.19 bits per heavy atom. The molecule has 0 aromatic carbocycles. The van der Waals surface area contributed by atoms with E-state index >= 15 is 0 Å². The number of carbonyl (C=O) groups excluding carboxylic acids is 1. The molecule has 6 heteroatoms. The smallest absolute Gasteiger partial charge is 0.256 e. The lowest BCUT2D eigenvalue weighted by molar-refractivity contribution is -0.117. The van der Waals surface area contributed by atoms with Gasteiger partial charge < -0.3 is 15.5 Å². The molecule has 4 rings (SSSR count). The number of nitrogens with one attached hydrogen (secondary N) is 2. The van der Waals surface area contributed by atoms with Crippen molar-refractivity contribution in [1.29, 1.82) is 0 Å². The number of aryl methyl sites for hydroxylation is 1. The van der Waals surface area contributed by atoms with Crippen molar-refractivity contribution >= 4 is 11.7 Å². The Morgan fingerprint density at radius 1 is 1.38 bits per heavy atom. The van der Waals surface area contributed by atoms with Gasteiger partial charge in [-0.25, -0.2) is 0 Å². The molecule has 1 saturated carbocycles. The molecule has 110 valence electrons.